The van der Waals surface area contributed by atoms with E-state index in [1.807, 2.05) is 19.1 Å². The number of rotatable bonds is 7. The lowest BCUT2D eigenvalue weighted by Crippen LogP contribution is -2.18. The van der Waals surface area contributed by atoms with Gasteiger partial charge in [-0.15, -0.1) is 11.3 Å². The largest absolute Gasteiger partial charge is 0.493 e. The highest BCUT2D eigenvalue weighted by molar-refractivity contribution is 7.09. The molecule has 1 aromatic heterocycles. The van der Waals surface area contributed by atoms with E-state index in [0.717, 1.165) is 29.6 Å². The third-order valence-corrected chi connectivity index (χ3v) is 3.99. The summed E-state index contributed by atoms with van der Waals surface area (Å²) >= 11 is 1.70. The van der Waals surface area contributed by atoms with E-state index in [2.05, 4.69) is 48.6 Å². The molecular formula is C17H24N2OS. The van der Waals surface area contributed by atoms with Gasteiger partial charge in [-0.3, -0.25) is 0 Å². The van der Waals surface area contributed by atoms with E-state index in [0.29, 0.717) is 5.92 Å². The molecule has 0 amide bonds. The molecule has 1 aromatic carbocycles. The molecule has 0 aliphatic heterocycles. The summed E-state index contributed by atoms with van der Waals surface area (Å²) in [5, 5.41) is 6.74. The number of nitrogens with one attached hydrogen (secondary N) is 1. The first-order valence-corrected chi connectivity index (χ1v) is 8.29. The molecule has 0 aliphatic carbocycles. The smallest absolute Gasteiger partial charge is 0.119 e. The van der Waals surface area contributed by atoms with Crippen molar-refractivity contribution in [2.24, 2.45) is 5.92 Å². The molecule has 21 heavy (non-hydrogen) atoms. The van der Waals surface area contributed by atoms with Crippen molar-refractivity contribution in [1.29, 1.82) is 0 Å². The summed E-state index contributed by atoms with van der Waals surface area (Å²) in [4.78, 5) is 4.51. The number of ether oxygens (including phenoxy) is 1. The van der Waals surface area contributed by atoms with Gasteiger partial charge >= 0.3 is 0 Å². The average Bonchev–Trinajstić information content (AvgIpc) is 2.90. The van der Waals surface area contributed by atoms with Crippen molar-refractivity contribution < 1.29 is 4.74 Å². The molecule has 1 atom stereocenters. The topological polar surface area (TPSA) is 34.2 Å². The second-order valence-electron chi connectivity index (χ2n) is 5.74. The Morgan fingerprint density at radius 1 is 1.19 bits per heavy atom. The summed E-state index contributed by atoms with van der Waals surface area (Å²) < 4.78 is 5.69. The molecule has 0 bridgehead atoms. The zero-order valence-electron chi connectivity index (χ0n) is 13.2. The van der Waals surface area contributed by atoms with Gasteiger partial charge in [0.1, 0.15) is 5.75 Å². The van der Waals surface area contributed by atoms with Crippen LogP contribution in [0.1, 0.15) is 43.1 Å². The monoisotopic (exact) mass is 304 g/mol. The van der Waals surface area contributed by atoms with Crippen LogP contribution in [0.3, 0.4) is 0 Å². The van der Waals surface area contributed by atoms with Crippen LogP contribution in [0.5, 0.6) is 5.75 Å². The van der Waals surface area contributed by atoms with Crippen LogP contribution in [-0.4, -0.2) is 11.6 Å². The summed E-state index contributed by atoms with van der Waals surface area (Å²) in [6.45, 7) is 10.1. The molecule has 0 radical (unpaired) electrons. The molecule has 0 saturated heterocycles. The van der Waals surface area contributed by atoms with Gasteiger partial charge in [-0.25, -0.2) is 4.98 Å². The Morgan fingerprint density at radius 2 is 1.90 bits per heavy atom. The van der Waals surface area contributed by atoms with Gasteiger partial charge in [0.2, 0.25) is 0 Å². The zero-order valence-corrected chi connectivity index (χ0v) is 14.0. The third kappa shape index (κ3) is 5.14. The van der Waals surface area contributed by atoms with Crippen molar-refractivity contribution in [3.8, 4) is 5.75 Å². The molecule has 0 aliphatic rings. The predicted octanol–water partition coefficient (Wildman–Crippen LogP) is 4.34. The third-order valence-electron chi connectivity index (χ3n) is 3.20. The van der Waals surface area contributed by atoms with E-state index in [-0.39, 0.29) is 6.04 Å². The number of benzene rings is 1. The Morgan fingerprint density at radius 3 is 2.48 bits per heavy atom. The van der Waals surface area contributed by atoms with Crippen molar-refractivity contribution >= 4 is 11.3 Å². The Labute approximate surface area is 131 Å². The summed E-state index contributed by atoms with van der Waals surface area (Å²) in [5.74, 6) is 1.49. The fourth-order valence-corrected chi connectivity index (χ4v) is 2.63. The lowest BCUT2D eigenvalue weighted by atomic mass is 10.2. The maximum absolute atomic E-state index is 5.69. The van der Waals surface area contributed by atoms with E-state index < -0.39 is 0 Å². The highest BCUT2D eigenvalue weighted by atomic mass is 32.1. The van der Waals surface area contributed by atoms with Crippen LogP contribution in [0.15, 0.2) is 29.6 Å². The Balaban J connectivity index is 1.83. The van der Waals surface area contributed by atoms with Crippen LogP contribution in [0.2, 0.25) is 0 Å². The first-order valence-electron chi connectivity index (χ1n) is 7.41. The van der Waals surface area contributed by atoms with Gasteiger partial charge in [0.15, 0.2) is 0 Å². The van der Waals surface area contributed by atoms with Gasteiger partial charge in [-0.05, 0) is 37.5 Å². The molecule has 0 unspecified atom stereocenters. The minimum atomic E-state index is 0.270. The minimum Gasteiger partial charge on any atom is -0.493 e. The standard InChI is InChI=1S/C17H24N2OS/c1-12(2)10-20-16-7-5-15(6-8-16)9-18-13(3)17-11-21-14(4)19-17/h5-8,11-13,18H,9-10H2,1-4H3/t13-/m1/s1. The van der Waals surface area contributed by atoms with Gasteiger partial charge in [-0.2, -0.15) is 0 Å². The summed E-state index contributed by atoms with van der Waals surface area (Å²) in [7, 11) is 0. The highest BCUT2D eigenvalue weighted by Gasteiger charge is 2.08. The quantitative estimate of drug-likeness (QED) is 0.826. The SMILES string of the molecule is Cc1nc([C@@H](C)NCc2ccc(OCC(C)C)cc2)cs1. The van der Waals surface area contributed by atoms with Gasteiger partial charge < -0.3 is 10.1 Å². The zero-order chi connectivity index (χ0) is 15.2. The van der Waals surface area contributed by atoms with Crippen molar-refractivity contribution in [2.75, 3.05) is 6.61 Å². The van der Waals surface area contributed by atoms with Crippen LogP contribution < -0.4 is 10.1 Å². The van der Waals surface area contributed by atoms with Gasteiger partial charge in [-0.1, -0.05) is 26.0 Å². The molecule has 3 nitrogen and oxygen atoms in total. The molecular weight excluding hydrogens is 280 g/mol. The van der Waals surface area contributed by atoms with E-state index in [1.165, 1.54) is 5.56 Å². The Bertz CT molecular complexity index is 548. The number of aromatic nitrogens is 1. The number of aryl methyl sites for hydroxylation is 1. The number of hydrogen-bond acceptors (Lipinski definition) is 4. The molecule has 0 fully saturated rings. The van der Waals surface area contributed by atoms with E-state index >= 15 is 0 Å². The van der Waals surface area contributed by atoms with Gasteiger partial charge in [0.05, 0.1) is 17.3 Å². The maximum atomic E-state index is 5.69. The molecule has 1 N–H and O–H groups in total. The summed E-state index contributed by atoms with van der Waals surface area (Å²) in [6.07, 6.45) is 0. The Kier molecular flexibility index (Phi) is 5.76. The fourth-order valence-electron chi connectivity index (χ4n) is 1.92. The minimum absolute atomic E-state index is 0.270. The maximum Gasteiger partial charge on any atom is 0.119 e. The second-order valence-corrected chi connectivity index (χ2v) is 6.81. The second kappa shape index (κ2) is 7.57. The van der Waals surface area contributed by atoms with E-state index in [4.69, 9.17) is 4.74 Å². The van der Waals surface area contributed by atoms with Crippen LogP contribution in [0, 0.1) is 12.8 Å². The summed E-state index contributed by atoms with van der Waals surface area (Å²) in [5.41, 5.74) is 2.38. The molecule has 1 heterocycles. The lowest BCUT2D eigenvalue weighted by Gasteiger charge is -2.12. The number of nitrogens with zero attached hydrogens (tertiary/aromatic N) is 1. The van der Waals surface area contributed by atoms with Crippen LogP contribution in [0.4, 0.5) is 0 Å². The molecule has 4 heteroatoms. The highest BCUT2D eigenvalue weighted by Crippen LogP contribution is 2.17. The number of hydrogen-bond donors (Lipinski definition) is 1. The normalized spacial score (nSPS) is 12.6. The molecule has 114 valence electrons. The van der Waals surface area contributed by atoms with Crippen molar-refractivity contribution in [3.63, 3.8) is 0 Å². The molecule has 0 spiro atoms. The first kappa shape index (κ1) is 16.0. The molecule has 0 saturated carbocycles. The van der Waals surface area contributed by atoms with Crippen molar-refractivity contribution in [1.82, 2.24) is 10.3 Å². The van der Waals surface area contributed by atoms with Gasteiger partial charge in [0.25, 0.3) is 0 Å². The molecule has 2 rings (SSSR count). The van der Waals surface area contributed by atoms with E-state index in [1.54, 1.807) is 11.3 Å². The van der Waals surface area contributed by atoms with E-state index in [9.17, 15) is 0 Å². The van der Waals surface area contributed by atoms with Crippen LogP contribution >= 0.6 is 11.3 Å². The lowest BCUT2D eigenvalue weighted by molar-refractivity contribution is 0.271. The summed E-state index contributed by atoms with van der Waals surface area (Å²) in [6, 6.07) is 8.57. The Hall–Kier alpha value is -1.39. The number of thiazole rings is 1. The van der Waals surface area contributed by atoms with Crippen LogP contribution in [0.25, 0.3) is 0 Å². The fraction of sp³-hybridized carbons (Fsp3) is 0.471. The average molecular weight is 304 g/mol. The van der Waals surface area contributed by atoms with Crippen molar-refractivity contribution in [3.05, 3.63) is 45.9 Å². The van der Waals surface area contributed by atoms with Gasteiger partial charge in [0, 0.05) is 18.0 Å². The first-order chi connectivity index (χ1) is 10.0. The predicted molar refractivity (Wildman–Crippen MR) is 88.9 cm³/mol. The molecule has 2 aromatic rings. The van der Waals surface area contributed by atoms with Crippen LogP contribution in [-0.2, 0) is 6.54 Å². The van der Waals surface area contributed by atoms with Crippen molar-refractivity contribution in [2.45, 2.75) is 40.3 Å².